The number of rotatable bonds is 6. The molecule has 4 rings (SSSR count). The second kappa shape index (κ2) is 9.33. The number of ether oxygens (including phenoxy) is 1. The normalized spacial score (nSPS) is 14.5. The Morgan fingerprint density at radius 1 is 0.833 bits per heavy atom. The van der Waals surface area contributed by atoms with Crippen molar-refractivity contribution in [3.63, 3.8) is 0 Å². The van der Waals surface area contributed by atoms with Crippen LogP contribution in [-0.4, -0.2) is 29.2 Å². The highest BCUT2D eigenvalue weighted by Crippen LogP contribution is 2.24. The van der Waals surface area contributed by atoms with Crippen LogP contribution < -0.4 is 4.74 Å². The first-order chi connectivity index (χ1) is 14.7. The topological polar surface area (TPSA) is 58.7 Å². The molecular formula is C24H20N4OS. The lowest BCUT2D eigenvalue weighted by Crippen LogP contribution is -2.34. The van der Waals surface area contributed by atoms with Gasteiger partial charge in [0.05, 0.1) is 23.7 Å². The van der Waals surface area contributed by atoms with Crippen molar-refractivity contribution < 1.29 is 4.74 Å². The molecule has 0 spiro atoms. The molecule has 0 unspecified atom stereocenters. The molecular weight excluding hydrogens is 392 g/mol. The van der Waals surface area contributed by atoms with Gasteiger partial charge in [-0.05, 0) is 42.4 Å². The Morgan fingerprint density at radius 2 is 1.43 bits per heavy atom. The third kappa shape index (κ3) is 4.55. The van der Waals surface area contributed by atoms with Crippen molar-refractivity contribution in [2.75, 3.05) is 6.61 Å². The minimum absolute atomic E-state index is 0.289. The highest BCUT2D eigenvalue weighted by atomic mass is 32.1. The number of nitrogens with zero attached hydrogens (tertiary/aromatic N) is 4. The number of hydrogen-bond donors (Lipinski definition) is 0. The van der Waals surface area contributed by atoms with Gasteiger partial charge in [0.25, 0.3) is 0 Å². The number of azo groups is 1. The van der Waals surface area contributed by atoms with Crippen LogP contribution in [0.2, 0.25) is 0 Å². The fourth-order valence-corrected chi connectivity index (χ4v) is 3.38. The minimum Gasteiger partial charge on any atom is -0.494 e. The zero-order valence-electron chi connectivity index (χ0n) is 16.5. The summed E-state index contributed by atoms with van der Waals surface area (Å²) in [4.78, 5) is 9.10. The molecule has 3 aromatic rings. The summed E-state index contributed by atoms with van der Waals surface area (Å²) in [6.45, 7) is 2.54. The van der Waals surface area contributed by atoms with Gasteiger partial charge in [0, 0.05) is 6.07 Å². The van der Waals surface area contributed by atoms with Crippen molar-refractivity contribution in [1.82, 2.24) is 0 Å². The van der Waals surface area contributed by atoms with Crippen LogP contribution >= 0.6 is 12.2 Å². The molecule has 3 aromatic carbocycles. The maximum atomic E-state index is 5.57. The second-order valence-corrected chi connectivity index (χ2v) is 6.92. The molecule has 0 aliphatic carbocycles. The highest BCUT2D eigenvalue weighted by Gasteiger charge is 2.29. The van der Waals surface area contributed by atoms with Crippen LogP contribution in [0.4, 0.5) is 5.69 Å². The van der Waals surface area contributed by atoms with Crippen LogP contribution in [0, 0.1) is 0 Å². The van der Waals surface area contributed by atoms with Crippen molar-refractivity contribution in [3.05, 3.63) is 96.1 Å². The lowest BCUT2D eigenvalue weighted by Gasteiger charge is -2.21. The van der Waals surface area contributed by atoms with Crippen LogP contribution in [0.15, 0.2) is 105 Å². The van der Waals surface area contributed by atoms with Crippen molar-refractivity contribution in [1.29, 1.82) is 0 Å². The van der Waals surface area contributed by atoms with E-state index in [0.717, 1.165) is 28.3 Å². The molecule has 5 nitrogen and oxygen atoms in total. The Bertz CT molecular complexity index is 1060. The fourth-order valence-electron chi connectivity index (χ4n) is 3.18. The summed E-state index contributed by atoms with van der Waals surface area (Å²) in [5.41, 5.74) is 4.05. The van der Waals surface area contributed by atoms with E-state index < -0.39 is 6.04 Å². The molecule has 1 aliphatic rings. The van der Waals surface area contributed by atoms with Crippen molar-refractivity contribution in [3.8, 4) is 5.75 Å². The molecule has 30 heavy (non-hydrogen) atoms. The Hall–Kier alpha value is -3.51. The van der Waals surface area contributed by atoms with E-state index in [1.807, 2.05) is 91.9 Å². The van der Waals surface area contributed by atoms with Gasteiger partial charge >= 0.3 is 0 Å². The van der Waals surface area contributed by atoms with Gasteiger partial charge in [-0.1, -0.05) is 66.7 Å². The van der Waals surface area contributed by atoms with Crippen molar-refractivity contribution in [2.45, 2.75) is 13.0 Å². The van der Waals surface area contributed by atoms with Crippen LogP contribution in [0.3, 0.4) is 0 Å². The van der Waals surface area contributed by atoms with Gasteiger partial charge in [0.1, 0.15) is 5.75 Å². The lowest BCUT2D eigenvalue weighted by molar-refractivity contribution is 0.340. The first-order valence-corrected chi connectivity index (χ1v) is 10.1. The fraction of sp³-hybridized carbons (Fsp3) is 0.125. The monoisotopic (exact) mass is 412 g/mol. The zero-order chi connectivity index (χ0) is 20.8. The second-order valence-electron chi connectivity index (χ2n) is 6.56. The van der Waals surface area contributed by atoms with E-state index in [0.29, 0.717) is 12.3 Å². The zero-order valence-corrected chi connectivity index (χ0v) is 17.3. The summed E-state index contributed by atoms with van der Waals surface area (Å²) in [5, 5.41) is 9.43. The van der Waals surface area contributed by atoms with E-state index in [1.54, 1.807) is 0 Å². The summed E-state index contributed by atoms with van der Waals surface area (Å²) in [5.74, 6) is 0.757. The summed E-state index contributed by atoms with van der Waals surface area (Å²) in [6.07, 6.45) is 0. The number of benzene rings is 3. The Morgan fingerprint density at radius 3 is 2.00 bits per heavy atom. The van der Waals surface area contributed by atoms with Gasteiger partial charge < -0.3 is 4.74 Å². The predicted molar refractivity (Wildman–Crippen MR) is 124 cm³/mol. The number of aliphatic imine (C=N–C) groups is 2. The van der Waals surface area contributed by atoms with Crippen LogP contribution in [0.25, 0.3) is 0 Å². The van der Waals surface area contributed by atoms with E-state index in [1.165, 1.54) is 0 Å². The third-order valence-electron chi connectivity index (χ3n) is 4.51. The Kier molecular flexibility index (Phi) is 6.15. The summed E-state index contributed by atoms with van der Waals surface area (Å²) in [6, 6.07) is 26.8. The largest absolute Gasteiger partial charge is 0.494 e. The van der Waals surface area contributed by atoms with E-state index >= 15 is 0 Å². The summed E-state index contributed by atoms with van der Waals surface area (Å²) in [7, 11) is 0. The van der Waals surface area contributed by atoms with Gasteiger partial charge in [0.2, 0.25) is 5.11 Å². The minimum atomic E-state index is -0.475. The molecule has 0 saturated heterocycles. The number of hydrogen-bond acceptors (Lipinski definition) is 4. The SMILES string of the molecule is CCOc1cccc(N=NC2C(c3ccccc3)=NC(=S)N=C2c2ccccc2)c1. The molecule has 6 heteroatoms. The quantitative estimate of drug-likeness (QED) is 0.379. The van der Waals surface area contributed by atoms with Crippen LogP contribution in [0.1, 0.15) is 18.1 Å². The van der Waals surface area contributed by atoms with Crippen molar-refractivity contribution in [2.24, 2.45) is 20.2 Å². The van der Waals surface area contributed by atoms with E-state index in [9.17, 15) is 0 Å². The molecule has 0 saturated carbocycles. The van der Waals surface area contributed by atoms with E-state index in [2.05, 4.69) is 20.2 Å². The molecule has 0 radical (unpaired) electrons. The average Bonchev–Trinajstić information content (AvgIpc) is 2.79. The first-order valence-electron chi connectivity index (χ1n) is 9.70. The maximum absolute atomic E-state index is 5.57. The average molecular weight is 413 g/mol. The molecule has 0 amide bonds. The lowest BCUT2D eigenvalue weighted by atomic mass is 9.94. The molecule has 0 N–H and O–H groups in total. The third-order valence-corrected chi connectivity index (χ3v) is 4.69. The molecule has 0 aromatic heterocycles. The highest BCUT2D eigenvalue weighted by molar-refractivity contribution is 7.80. The van der Waals surface area contributed by atoms with Gasteiger partial charge in [-0.2, -0.15) is 10.2 Å². The van der Waals surface area contributed by atoms with Crippen LogP contribution in [0.5, 0.6) is 5.75 Å². The van der Waals surface area contributed by atoms with Gasteiger partial charge in [-0.25, -0.2) is 9.98 Å². The summed E-state index contributed by atoms with van der Waals surface area (Å²) < 4.78 is 5.57. The van der Waals surface area contributed by atoms with E-state index in [-0.39, 0.29) is 5.11 Å². The smallest absolute Gasteiger partial charge is 0.219 e. The standard InChI is InChI=1S/C24H20N4OS/c1-2-29-20-15-9-14-19(16-20)27-28-23-21(17-10-5-3-6-11-17)25-24(30)26-22(23)18-12-7-4-8-13-18/h3-16,23H,2H2,1H3. The maximum Gasteiger partial charge on any atom is 0.219 e. The first kappa shape index (κ1) is 19.8. The molecule has 1 aliphatic heterocycles. The number of thiocarbonyl (C=S) groups is 1. The summed E-state index contributed by atoms with van der Waals surface area (Å²) >= 11 is 5.37. The Balaban J connectivity index is 1.76. The molecule has 0 atom stereocenters. The Labute approximate surface area is 180 Å². The van der Waals surface area contributed by atoms with Crippen molar-refractivity contribution >= 4 is 34.4 Å². The molecule has 0 fully saturated rings. The molecule has 0 bridgehead atoms. The van der Waals surface area contributed by atoms with E-state index in [4.69, 9.17) is 17.0 Å². The predicted octanol–water partition coefficient (Wildman–Crippen LogP) is 5.81. The molecule has 1 heterocycles. The van der Waals surface area contributed by atoms with Gasteiger partial charge in [0.15, 0.2) is 6.04 Å². The molecule has 148 valence electrons. The van der Waals surface area contributed by atoms with Gasteiger partial charge in [-0.15, -0.1) is 0 Å². The van der Waals surface area contributed by atoms with Gasteiger partial charge in [-0.3, -0.25) is 0 Å². The van der Waals surface area contributed by atoms with Crippen LogP contribution in [-0.2, 0) is 0 Å².